The Morgan fingerprint density at radius 1 is 1.28 bits per heavy atom. The van der Waals surface area contributed by atoms with Crippen molar-refractivity contribution < 1.29 is 27.8 Å². The van der Waals surface area contributed by atoms with E-state index in [9.17, 15) is 18.3 Å². The van der Waals surface area contributed by atoms with Crippen LogP contribution in [0.5, 0.6) is 5.75 Å². The first-order valence-corrected chi connectivity index (χ1v) is 12.1. The van der Waals surface area contributed by atoms with Crippen molar-refractivity contribution in [1.82, 2.24) is 4.90 Å². The van der Waals surface area contributed by atoms with Crippen LogP contribution in [0.1, 0.15) is 43.6 Å². The second-order valence-corrected chi connectivity index (χ2v) is 9.92. The van der Waals surface area contributed by atoms with Crippen LogP contribution in [0.25, 0.3) is 0 Å². The van der Waals surface area contributed by atoms with Crippen LogP contribution in [0.3, 0.4) is 0 Å². The lowest BCUT2D eigenvalue weighted by molar-refractivity contribution is -0.149. The second kappa shape index (κ2) is 8.12. The first kappa shape index (κ1) is 20.4. The molecule has 0 radical (unpaired) electrons. The normalized spacial score (nSPS) is 29.0. The standard InChI is InChI=1S/C20H28N2O6S/c1-29(25,26)21-13-5-6-17-15(9-13)16-10-14(27-18(12-23)20(16)28-17)11-19(24)22-7-3-2-4-8-22/h5-6,9,14,16,18,20-21,23H,2-4,7-8,10-12H2,1H3/t14-,16-,18-,20+/m1/s1. The van der Waals surface area contributed by atoms with E-state index in [1.165, 1.54) is 0 Å². The zero-order valence-corrected chi connectivity index (χ0v) is 17.4. The minimum absolute atomic E-state index is 0.0589. The third-order valence-corrected chi connectivity index (χ3v) is 6.52. The highest BCUT2D eigenvalue weighted by Gasteiger charge is 2.46. The Bertz CT molecular complexity index is 868. The summed E-state index contributed by atoms with van der Waals surface area (Å²) in [6.45, 7) is 1.40. The van der Waals surface area contributed by atoms with Gasteiger partial charge in [0, 0.05) is 30.3 Å². The molecule has 4 atom stereocenters. The smallest absolute Gasteiger partial charge is 0.229 e. The number of anilines is 1. The summed E-state index contributed by atoms with van der Waals surface area (Å²) in [7, 11) is -3.38. The molecule has 2 saturated heterocycles. The number of carbonyl (C=O) groups is 1. The van der Waals surface area contributed by atoms with Crippen LogP contribution in [0.2, 0.25) is 0 Å². The summed E-state index contributed by atoms with van der Waals surface area (Å²) in [5, 5.41) is 9.83. The monoisotopic (exact) mass is 424 g/mol. The van der Waals surface area contributed by atoms with E-state index in [0.29, 0.717) is 17.9 Å². The van der Waals surface area contributed by atoms with Crippen molar-refractivity contribution >= 4 is 21.6 Å². The van der Waals surface area contributed by atoms with Gasteiger partial charge in [-0.1, -0.05) is 0 Å². The number of rotatable bonds is 5. The van der Waals surface area contributed by atoms with Crippen LogP contribution in [0, 0.1) is 0 Å². The molecular formula is C20H28N2O6S. The van der Waals surface area contributed by atoms with Crippen molar-refractivity contribution in [3.63, 3.8) is 0 Å². The van der Waals surface area contributed by atoms with Gasteiger partial charge in [-0.3, -0.25) is 9.52 Å². The molecule has 1 aromatic rings. The van der Waals surface area contributed by atoms with E-state index in [0.717, 1.165) is 44.2 Å². The number of carbonyl (C=O) groups excluding carboxylic acids is 1. The Morgan fingerprint density at radius 3 is 2.72 bits per heavy atom. The van der Waals surface area contributed by atoms with Gasteiger partial charge in [-0.15, -0.1) is 0 Å². The van der Waals surface area contributed by atoms with E-state index in [1.54, 1.807) is 18.2 Å². The van der Waals surface area contributed by atoms with Crippen molar-refractivity contribution in [3.05, 3.63) is 23.8 Å². The fourth-order valence-electron chi connectivity index (χ4n) is 4.63. The summed E-state index contributed by atoms with van der Waals surface area (Å²) in [5.74, 6) is 0.706. The van der Waals surface area contributed by atoms with Crippen molar-refractivity contribution in [3.8, 4) is 5.75 Å². The fourth-order valence-corrected chi connectivity index (χ4v) is 5.19. The number of nitrogens with one attached hydrogen (secondary N) is 1. The lowest BCUT2D eigenvalue weighted by Gasteiger charge is -2.38. The second-order valence-electron chi connectivity index (χ2n) is 8.18. The predicted molar refractivity (Wildman–Crippen MR) is 107 cm³/mol. The Kier molecular flexibility index (Phi) is 5.72. The molecule has 0 aliphatic carbocycles. The first-order chi connectivity index (χ1) is 13.8. The van der Waals surface area contributed by atoms with Crippen LogP contribution in [-0.4, -0.2) is 68.6 Å². The number of likely N-dealkylation sites (tertiary alicyclic amines) is 1. The lowest BCUT2D eigenvalue weighted by Crippen LogP contribution is -2.48. The van der Waals surface area contributed by atoms with Crippen molar-refractivity contribution in [2.45, 2.75) is 56.3 Å². The number of hydrogen-bond donors (Lipinski definition) is 2. The minimum atomic E-state index is -3.38. The Balaban J connectivity index is 1.51. The topological polar surface area (TPSA) is 105 Å². The number of sulfonamides is 1. The molecule has 0 unspecified atom stereocenters. The molecule has 3 aliphatic rings. The molecule has 0 aromatic heterocycles. The molecule has 0 saturated carbocycles. The number of amides is 1. The first-order valence-electron chi connectivity index (χ1n) is 10.2. The minimum Gasteiger partial charge on any atom is -0.487 e. The maximum Gasteiger partial charge on any atom is 0.229 e. The molecule has 29 heavy (non-hydrogen) atoms. The third kappa shape index (κ3) is 4.51. The van der Waals surface area contributed by atoms with E-state index < -0.39 is 16.1 Å². The van der Waals surface area contributed by atoms with E-state index in [2.05, 4.69) is 4.72 Å². The van der Waals surface area contributed by atoms with Crippen molar-refractivity contribution in [2.24, 2.45) is 0 Å². The van der Waals surface area contributed by atoms with Gasteiger partial charge in [-0.2, -0.15) is 0 Å². The number of fused-ring (bicyclic) bond motifs is 3. The Morgan fingerprint density at radius 2 is 2.03 bits per heavy atom. The number of aliphatic hydroxyl groups is 1. The molecule has 1 aromatic carbocycles. The Hall–Kier alpha value is -1.84. The molecule has 160 valence electrons. The number of benzene rings is 1. The van der Waals surface area contributed by atoms with E-state index >= 15 is 0 Å². The van der Waals surface area contributed by atoms with Gasteiger partial charge < -0.3 is 19.5 Å². The molecule has 3 aliphatic heterocycles. The maximum atomic E-state index is 12.7. The number of hydrogen-bond acceptors (Lipinski definition) is 6. The number of nitrogens with zero attached hydrogens (tertiary/aromatic N) is 1. The highest BCUT2D eigenvalue weighted by molar-refractivity contribution is 7.92. The number of aliphatic hydroxyl groups excluding tert-OH is 1. The molecule has 2 N–H and O–H groups in total. The van der Waals surface area contributed by atoms with Crippen LogP contribution >= 0.6 is 0 Å². The molecule has 4 rings (SSSR count). The summed E-state index contributed by atoms with van der Waals surface area (Å²) in [5.41, 5.74) is 1.37. The summed E-state index contributed by atoms with van der Waals surface area (Å²) in [6, 6.07) is 5.18. The van der Waals surface area contributed by atoms with Gasteiger partial charge in [-0.25, -0.2) is 8.42 Å². The largest absolute Gasteiger partial charge is 0.487 e. The SMILES string of the molecule is CS(=O)(=O)Nc1ccc2c(c1)[C@H]1C[C@H](CC(=O)N3CCCCC3)O[C@H](CO)[C@H]1O2. The molecule has 3 heterocycles. The summed E-state index contributed by atoms with van der Waals surface area (Å²) >= 11 is 0. The third-order valence-electron chi connectivity index (χ3n) is 5.91. The van der Waals surface area contributed by atoms with Gasteiger partial charge in [0.05, 0.1) is 25.4 Å². The highest BCUT2D eigenvalue weighted by Crippen LogP contribution is 2.47. The average molecular weight is 425 g/mol. The van der Waals surface area contributed by atoms with Crippen LogP contribution < -0.4 is 9.46 Å². The van der Waals surface area contributed by atoms with Gasteiger partial charge in [0.2, 0.25) is 15.9 Å². The zero-order chi connectivity index (χ0) is 20.6. The fraction of sp³-hybridized carbons (Fsp3) is 0.650. The summed E-state index contributed by atoms with van der Waals surface area (Å²) in [6.07, 6.45) is 4.07. The average Bonchev–Trinajstić information content (AvgIpc) is 3.05. The quantitative estimate of drug-likeness (QED) is 0.741. The summed E-state index contributed by atoms with van der Waals surface area (Å²) in [4.78, 5) is 14.6. The van der Waals surface area contributed by atoms with Crippen LogP contribution in [0.15, 0.2) is 18.2 Å². The van der Waals surface area contributed by atoms with E-state index in [-0.39, 0.29) is 37.1 Å². The molecule has 8 nitrogen and oxygen atoms in total. The molecule has 2 fully saturated rings. The van der Waals surface area contributed by atoms with Crippen molar-refractivity contribution in [2.75, 3.05) is 30.7 Å². The van der Waals surface area contributed by atoms with E-state index in [4.69, 9.17) is 9.47 Å². The van der Waals surface area contributed by atoms with Gasteiger partial charge in [0.1, 0.15) is 18.0 Å². The van der Waals surface area contributed by atoms with Gasteiger partial charge >= 0.3 is 0 Å². The maximum absolute atomic E-state index is 12.7. The predicted octanol–water partition coefficient (Wildman–Crippen LogP) is 1.46. The molecule has 1 amide bonds. The zero-order valence-electron chi connectivity index (χ0n) is 16.5. The van der Waals surface area contributed by atoms with Crippen LogP contribution in [-0.2, 0) is 19.6 Å². The summed E-state index contributed by atoms with van der Waals surface area (Å²) < 4.78 is 37.7. The molecule has 9 heteroatoms. The molecule has 0 spiro atoms. The lowest BCUT2D eigenvalue weighted by atomic mass is 9.84. The van der Waals surface area contributed by atoms with Gasteiger partial charge in [0.25, 0.3) is 0 Å². The number of piperidine rings is 1. The van der Waals surface area contributed by atoms with Crippen molar-refractivity contribution in [1.29, 1.82) is 0 Å². The highest BCUT2D eigenvalue weighted by atomic mass is 32.2. The Labute approximate surface area is 171 Å². The molecule has 0 bridgehead atoms. The van der Waals surface area contributed by atoms with Gasteiger partial charge in [-0.05, 0) is 43.9 Å². The molecular weight excluding hydrogens is 396 g/mol. The van der Waals surface area contributed by atoms with Gasteiger partial charge in [0.15, 0.2) is 0 Å². The number of ether oxygens (including phenoxy) is 2. The van der Waals surface area contributed by atoms with E-state index in [1.807, 2.05) is 4.90 Å². The van der Waals surface area contributed by atoms with Crippen LogP contribution in [0.4, 0.5) is 5.69 Å².